The van der Waals surface area contributed by atoms with E-state index in [1.165, 1.54) is 0 Å². The Morgan fingerprint density at radius 1 is 1.09 bits per heavy atom. The number of rotatable bonds is 7. The molecule has 114 valence electrons. The highest BCUT2D eigenvalue weighted by Crippen LogP contribution is 2.23. The number of benzene rings is 2. The lowest BCUT2D eigenvalue weighted by Gasteiger charge is -2.13. The minimum Gasteiger partial charge on any atom is -0.491 e. The Labute approximate surface area is 129 Å². The van der Waals surface area contributed by atoms with E-state index in [2.05, 4.69) is 6.58 Å². The van der Waals surface area contributed by atoms with Crippen molar-refractivity contribution in [3.8, 4) is 16.9 Å². The van der Waals surface area contributed by atoms with Gasteiger partial charge in [0, 0.05) is 6.08 Å². The van der Waals surface area contributed by atoms with Gasteiger partial charge >= 0.3 is 5.97 Å². The second-order valence-electron chi connectivity index (χ2n) is 4.69. The summed E-state index contributed by atoms with van der Waals surface area (Å²) in [6, 6.07) is 17.5. The van der Waals surface area contributed by atoms with E-state index < -0.39 is 12.1 Å². The highest BCUT2D eigenvalue weighted by Gasteiger charge is 2.08. The summed E-state index contributed by atoms with van der Waals surface area (Å²) < 4.78 is 10.3. The second-order valence-corrected chi connectivity index (χ2v) is 4.69. The van der Waals surface area contributed by atoms with Crippen LogP contribution >= 0.6 is 0 Å². The van der Waals surface area contributed by atoms with Gasteiger partial charge in [0.15, 0.2) is 0 Å². The van der Waals surface area contributed by atoms with Gasteiger partial charge in [0.1, 0.15) is 25.1 Å². The number of ether oxygens (including phenoxy) is 2. The number of esters is 1. The molecule has 2 aromatic rings. The molecule has 0 radical (unpaired) electrons. The Kier molecular flexibility index (Phi) is 5.74. The van der Waals surface area contributed by atoms with Crippen LogP contribution in [0.25, 0.3) is 11.1 Å². The predicted molar refractivity (Wildman–Crippen MR) is 84.5 cm³/mol. The molecule has 0 saturated carbocycles. The molecule has 0 heterocycles. The molecule has 4 nitrogen and oxygen atoms in total. The van der Waals surface area contributed by atoms with E-state index in [1.54, 1.807) is 0 Å². The van der Waals surface area contributed by atoms with Gasteiger partial charge in [-0.25, -0.2) is 4.79 Å². The van der Waals surface area contributed by atoms with Crippen molar-refractivity contribution in [1.82, 2.24) is 0 Å². The van der Waals surface area contributed by atoms with Gasteiger partial charge in [-0.3, -0.25) is 0 Å². The Balaban J connectivity index is 1.91. The fourth-order valence-corrected chi connectivity index (χ4v) is 1.87. The maximum absolute atomic E-state index is 10.9. The van der Waals surface area contributed by atoms with Crippen LogP contribution in [0.2, 0.25) is 0 Å². The summed E-state index contributed by atoms with van der Waals surface area (Å²) >= 11 is 0. The lowest BCUT2D eigenvalue weighted by Crippen LogP contribution is -2.24. The van der Waals surface area contributed by atoms with Crippen molar-refractivity contribution in [2.24, 2.45) is 0 Å². The second kappa shape index (κ2) is 8.00. The maximum atomic E-state index is 10.9. The van der Waals surface area contributed by atoms with E-state index in [9.17, 15) is 9.90 Å². The number of aliphatic hydroxyl groups excluding tert-OH is 1. The minimum absolute atomic E-state index is 0.0443. The van der Waals surface area contributed by atoms with E-state index in [4.69, 9.17) is 9.47 Å². The molecular formula is C18H18O4. The molecule has 0 saturated heterocycles. The van der Waals surface area contributed by atoms with E-state index >= 15 is 0 Å². The first-order valence-corrected chi connectivity index (χ1v) is 6.94. The van der Waals surface area contributed by atoms with Crippen molar-refractivity contribution in [2.75, 3.05) is 13.2 Å². The van der Waals surface area contributed by atoms with Crippen LogP contribution in [-0.4, -0.2) is 30.4 Å². The minimum atomic E-state index is -0.885. The molecule has 0 spiro atoms. The number of carbonyl (C=O) groups is 1. The molecule has 0 aliphatic carbocycles. The van der Waals surface area contributed by atoms with Crippen molar-refractivity contribution in [3.63, 3.8) is 0 Å². The summed E-state index contributed by atoms with van der Waals surface area (Å²) in [4.78, 5) is 10.9. The van der Waals surface area contributed by atoms with Crippen molar-refractivity contribution in [3.05, 3.63) is 67.3 Å². The van der Waals surface area contributed by atoms with Crippen LogP contribution in [0.5, 0.6) is 5.75 Å². The molecule has 0 aliphatic rings. The smallest absolute Gasteiger partial charge is 0.330 e. The third-order valence-electron chi connectivity index (χ3n) is 2.97. The summed E-state index contributed by atoms with van der Waals surface area (Å²) in [5.41, 5.74) is 2.12. The first kappa shape index (κ1) is 15.8. The van der Waals surface area contributed by atoms with Gasteiger partial charge < -0.3 is 14.6 Å². The molecule has 0 amide bonds. The van der Waals surface area contributed by atoms with Gasteiger partial charge in [0.2, 0.25) is 0 Å². The molecule has 1 atom stereocenters. The van der Waals surface area contributed by atoms with Crippen molar-refractivity contribution < 1.29 is 19.4 Å². The summed E-state index contributed by atoms with van der Waals surface area (Å²) in [5, 5.41) is 9.70. The standard InChI is InChI=1S/C18H18O4/c1-2-18(20)22-13-16(19)12-21-17-10-6-9-15(11-17)14-7-4-3-5-8-14/h2-11,16,19H,1,12-13H2. The average Bonchev–Trinajstić information content (AvgIpc) is 2.58. The zero-order valence-electron chi connectivity index (χ0n) is 12.1. The number of hydrogen-bond donors (Lipinski definition) is 1. The molecule has 22 heavy (non-hydrogen) atoms. The van der Waals surface area contributed by atoms with Crippen molar-refractivity contribution >= 4 is 5.97 Å². The lowest BCUT2D eigenvalue weighted by atomic mass is 10.1. The number of hydrogen-bond acceptors (Lipinski definition) is 4. The Hall–Kier alpha value is -2.59. The Bertz CT molecular complexity index is 622. The van der Waals surface area contributed by atoms with E-state index in [0.29, 0.717) is 5.75 Å². The van der Waals surface area contributed by atoms with Gasteiger partial charge in [-0.15, -0.1) is 0 Å². The summed E-state index contributed by atoms with van der Waals surface area (Å²) in [6.45, 7) is 3.21. The highest BCUT2D eigenvalue weighted by atomic mass is 16.5. The van der Waals surface area contributed by atoms with Crippen LogP contribution < -0.4 is 4.74 Å². The van der Waals surface area contributed by atoms with E-state index in [1.807, 2.05) is 54.6 Å². The Morgan fingerprint density at radius 2 is 1.82 bits per heavy atom. The van der Waals surface area contributed by atoms with Crippen molar-refractivity contribution in [1.29, 1.82) is 0 Å². The van der Waals surface area contributed by atoms with Crippen LogP contribution in [0.3, 0.4) is 0 Å². The molecule has 2 rings (SSSR count). The molecule has 0 aromatic heterocycles. The van der Waals surface area contributed by atoms with Gasteiger partial charge in [-0.1, -0.05) is 49.0 Å². The van der Waals surface area contributed by atoms with Crippen LogP contribution in [0, 0.1) is 0 Å². The molecule has 0 aliphatic heterocycles. The fraction of sp³-hybridized carbons (Fsp3) is 0.167. The first-order valence-electron chi connectivity index (χ1n) is 6.94. The van der Waals surface area contributed by atoms with E-state index in [0.717, 1.165) is 17.2 Å². The summed E-state index contributed by atoms with van der Waals surface area (Å²) in [6.07, 6.45) is 0.168. The monoisotopic (exact) mass is 298 g/mol. The van der Waals surface area contributed by atoms with E-state index in [-0.39, 0.29) is 13.2 Å². The first-order chi connectivity index (χ1) is 10.7. The normalized spacial score (nSPS) is 11.5. The zero-order chi connectivity index (χ0) is 15.8. The van der Waals surface area contributed by atoms with Gasteiger partial charge in [0.05, 0.1) is 0 Å². The van der Waals surface area contributed by atoms with Gasteiger partial charge in [-0.2, -0.15) is 0 Å². The molecular weight excluding hydrogens is 280 g/mol. The van der Waals surface area contributed by atoms with Crippen LogP contribution in [0.1, 0.15) is 0 Å². The highest BCUT2D eigenvalue weighted by molar-refractivity contribution is 5.81. The molecule has 1 N–H and O–H groups in total. The summed E-state index contributed by atoms with van der Waals surface area (Å²) in [7, 11) is 0. The lowest BCUT2D eigenvalue weighted by molar-refractivity contribution is -0.141. The average molecular weight is 298 g/mol. The Morgan fingerprint density at radius 3 is 2.55 bits per heavy atom. The molecule has 1 unspecified atom stereocenters. The molecule has 0 fully saturated rings. The van der Waals surface area contributed by atoms with Crippen LogP contribution in [0.15, 0.2) is 67.3 Å². The third-order valence-corrected chi connectivity index (χ3v) is 2.97. The molecule has 4 heteroatoms. The summed E-state index contributed by atoms with van der Waals surface area (Å²) in [5.74, 6) is 0.0839. The zero-order valence-corrected chi connectivity index (χ0v) is 12.1. The number of carbonyl (C=O) groups excluding carboxylic acids is 1. The topological polar surface area (TPSA) is 55.8 Å². The predicted octanol–water partition coefficient (Wildman–Crippen LogP) is 2.82. The van der Waals surface area contributed by atoms with Gasteiger partial charge in [-0.05, 0) is 23.3 Å². The van der Waals surface area contributed by atoms with Gasteiger partial charge in [0.25, 0.3) is 0 Å². The third kappa shape index (κ3) is 4.75. The molecule has 2 aromatic carbocycles. The SMILES string of the molecule is C=CC(=O)OCC(O)COc1cccc(-c2ccccc2)c1. The van der Waals surface area contributed by atoms with Crippen LogP contribution in [-0.2, 0) is 9.53 Å². The fourth-order valence-electron chi connectivity index (χ4n) is 1.87. The largest absolute Gasteiger partial charge is 0.491 e. The quantitative estimate of drug-likeness (QED) is 0.631. The number of aliphatic hydroxyl groups is 1. The van der Waals surface area contributed by atoms with Crippen LogP contribution in [0.4, 0.5) is 0 Å². The van der Waals surface area contributed by atoms with Crippen molar-refractivity contribution in [2.45, 2.75) is 6.10 Å². The molecule has 0 bridgehead atoms. The maximum Gasteiger partial charge on any atom is 0.330 e.